The molecule has 2 N–H and O–H groups in total. The summed E-state index contributed by atoms with van der Waals surface area (Å²) in [7, 11) is 0. The van der Waals surface area contributed by atoms with Crippen molar-refractivity contribution in [3.8, 4) is 11.5 Å². The second-order valence-corrected chi connectivity index (χ2v) is 6.06. The molecule has 0 aliphatic carbocycles. The van der Waals surface area contributed by atoms with Crippen LogP contribution in [0.2, 0.25) is 0 Å². The van der Waals surface area contributed by atoms with Gasteiger partial charge in [-0.25, -0.2) is 19.4 Å². The highest BCUT2D eigenvalue weighted by Gasteiger charge is 2.21. The first kappa shape index (κ1) is 15.4. The van der Waals surface area contributed by atoms with E-state index in [9.17, 15) is 4.79 Å². The van der Waals surface area contributed by atoms with E-state index in [1.807, 2.05) is 29.8 Å². The molecule has 8 nitrogen and oxygen atoms in total. The number of nitrogens with one attached hydrogen (secondary N) is 2. The highest BCUT2D eigenvalue weighted by atomic mass is 16.3. The number of aryl methyl sites for hydroxylation is 2. The largest absolute Gasteiger partial charge is 0.445 e. The lowest BCUT2D eigenvalue weighted by Crippen LogP contribution is -2.43. The first-order chi connectivity index (χ1) is 12.2. The van der Waals surface area contributed by atoms with Gasteiger partial charge in [0.15, 0.2) is 0 Å². The maximum absolute atomic E-state index is 12.3. The summed E-state index contributed by atoms with van der Waals surface area (Å²) >= 11 is 0. The van der Waals surface area contributed by atoms with Gasteiger partial charge >= 0.3 is 6.03 Å². The Bertz CT molecular complexity index is 886. The van der Waals surface area contributed by atoms with Gasteiger partial charge in [0, 0.05) is 17.7 Å². The monoisotopic (exact) mass is 338 g/mol. The first-order valence-corrected chi connectivity index (χ1v) is 8.14. The van der Waals surface area contributed by atoms with Gasteiger partial charge in [-0.1, -0.05) is 6.07 Å². The number of anilines is 1. The number of benzene rings is 1. The Hall–Kier alpha value is -3.16. The van der Waals surface area contributed by atoms with E-state index in [0.29, 0.717) is 18.1 Å². The van der Waals surface area contributed by atoms with Crippen molar-refractivity contribution in [1.82, 2.24) is 25.1 Å². The lowest BCUT2D eigenvalue weighted by Gasteiger charge is -2.23. The van der Waals surface area contributed by atoms with Crippen LogP contribution in [0.4, 0.5) is 10.5 Å². The van der Waals surface area contributed by atoms with E-state index in [4.69, 9.17) is 4.42 Å². The second-order valence-electron chi connectivity index (χ2n) is 6.06. The Morgan fingerprint density at radius 2 is 2.28 bits per heavy atom. The van der Waals surface area contributed by atoms with E-state index in [1.54, 1.807) is 12.5 Å². The first-order valence-electron chi connectivity index (χ1n) is 8.14. The minimum Gasteiger partial charge on any atom is -0.445 e. The molecule has 1 aromatic carbocycles. The molecule has 8 heteroatoms. The maximum Gasteiger partial charge on any atom is 0.319 e. The summed E-state index contributed by atoms with van der Waals surface area (Å²) in [6, 6.07) is 5.44. The third-order valence-electron chi connectivity index (χ3n) is 4.30. The van der Waals surface area contributed by atoms with Crippen LogP contribution >= 0.6 is 0 Å². The minimum absolute atomic E-state index is 0.0332. The molecular formula is C17H18N6O2. The summed E-state index contributed by atoms with van der Waals surface area (Å²) in [6.07, 6.45) is 6.34. The van der Waals surface area contributed by atoms with E-state index < -0.39 is 0 Å². The highest BCUT2D eigenvalue weighted by Crippen LogP contribution is 2.25. The van der Waals surface area contributed by atoms with Crippen LogP contribution in [-0.4, -0.2) is 31.8 Å². The molecule has 2 amide bonds. The van der Waals surface area contributed by atoms with Gasteiger partial charge in [0.2, 0.25) is 5.89 Å². The molecule has 3 heterocycles. The van der Waals surface area contributed by atoms with E-state index in [2.05, 4.69) is 25.7 Å². The number of oxazole rings is 1. The molecule has 3 aromatic rings. The zero-order valence-corrected chi connectivity index (χ0v) is 13.8. The molecule has 2 aromatic heterocycles. The molecule has 0 saturated carbocycles. The van der Waals surface area contributed by atoms with Crippen molar-refractivity contribution >= 4 is 11.7 Å². The number of urea groups is 1. The highest BCUT2D eigenvalue weighted by molar-refractivity contribution is 5.90. The number of nitrogens with zero attached hydrogens (tertiary/aromatic N) is 4. The molecule has 25 heavy (non-hydrogen) atoms. The van der Waals surface area contributed by atoms with Crippen LogP contribution in [0.25, 0.3) is 11.5 Å². The fourth-order valence-corrected chi connectivity index (χ4v) is 2.99. The summed E-state index contributed by atoms with van der Waals surface area (Å²) < 4.78 is 7.19. The molecule has 1 unspecified atom stereocenters. The normalized spacial score (nSPS) is 16.3. The van der Waals surface area contributed by atoms with Gasteiger partial charge in [-0.3, -0.25) is 0 Å². The van der Waals surface area contributed by atoms with Crippen molar-refractivity contribution in [2.45, 2.75) is 32.4 Å². The minimum atomic E-state index is -0.240. The lowest BCUT2D eigenvalue weighted by molar-refractivity contribution is 0.243. The SMILES string of the molecule is Cc1ccc(NC(=O)NC2CCc3ncnn3C2)cc1-c1ncco1. The van der Waals surface area contributed by atoms with E-state index in [0.717, 1.165) is 29.8 Å². The molecule has 0 bridgehead atoms. The smallest absolute Gasteiger partial charge is 0.319 e. The lowest BCUT2D eigenvalue weighted by atomic mass is 10.1. The van der Waals surface area contributed by atoms with E-state index >= 15 is 0 Å². The van der Waals surface area contributed by atoms with Crippen molar-refractivity contribution in [3.05, 3.63) is 48.4 Å². The van der Waals surface area contributed by atoms with Crippen LogP contribution in [0.1, 0.15) is 17.8 Å². The number of rotatable bonds is 3. The quantitative estimate of drug-likeness (QED) is 0.764. The summed E-state index contributed by atoms with van der Waals surface area (Å²) in [5.74, 6) is 1.50. The Labute approximate surface area is 144 Å². The number of carbonyl (C=O) groups is 1. The van der Waals surface area contributed by atoms with Gasteiger partial charge in [-0.15, -0.1) is 0 Å². The summed E-state index contributed by atoms with van der Waals surface area (Å²) in [5, 5.41) is 10.0. The van der Waals surface area contributed by atoms with Crippen LogP contribution in [-0.2, 0) is 13.0 Å². The zero-order valence-electron chi connectivity index (χ0n) is 13.8. The van der Waals surface area contributed by atoms with Gasteiger partial charge in [-0.05, 0) is 31.0 Å². The number of amides is 2. The van der Waals surface area contributed by atoms with Crippen molar-refractivity contribution in [2.75, 3.05) is 5.32 Å². The molecule has 1 aliphatic rings. The number of aromatic nitrogens is 4. The second kappa shape index (κ2) is 6.39. The van der Waals surface area contributed by atoms with Gasteiger partial charge < -0.3 is 15.1 Å². The van der Waals surface area contributed by atoms with Gasteiger partial charge in [-0.2, -0.15) is 5.10 Å². The van der Waals surface area contributed by atoms with Crippen LogP contribution in [0.5, 0.6) is 0 Å². The van der Waals surface area contributed by atoms with Crippen LogP contribution in [0.15, 0.2) is 41.4 Å². The van der Waals surface area contributed by atoms with Gasteiger partial charge in [0.25, 0.3) is 0 Å². The van der Waals surface area contributed by atoms with Crippen LogP contribution < -0.4 is 10.6 Å². The summed E-state index contributed by atoms with van der Waals surface area (Å²) in [4.78, 5) is 20.7. The van der Waals surface area contributed by atoms with E-state index in [-0.39, 0.29) is 12.1 Å². The fraction of sp³-hybridized carbons (Fsp3) is 0.294. The standard InChI is InChI=1S/C17H18N6O2/c1-11-2-3-12(8-14(11)16-18-6-7-25-16)21-17(24)22-13-4-5-15-19-10-20-23(15)9-13/h2-3,6-8,10,13H,4-5,9H2,1H3,(H2,21,22,24). The molecule has 0 spiro atoms. The summed E-state index contributed by atoms with van der Waals surface area (Å²) in [6.45, 7) is 2.61. The predicted molar refractivity (Wildman–Crippen MR) is 91.0 cm³/mol. The Balaban J connectivity index is 1.42. The number of hydrogen-bond donors (Lipinski definition) is 2. The number of fused-ring (bicyclic) bond motifs is 1. The third kappa shape index (κ3) is 3.23. The fourth-order valence-electron chi connectivity index (χ4n) is 2.99. The molecule has 0 fully saturated rings. The predicted octanol–water partition coefficient (Wildman–Crippen LogP) is 2.38. The Morgan fingerprint density at radius 1 is 1.36 bits per heavy atom. The van der Waals surface area contributed by atoms with Crippen molar-refractivity contribution in [1.29, 1.82) is 0 Å². The Kier molecular flexibility index (Phi) is 3.93. The molecular weight excluding hydrogens is 320 g/mol. The number of carbonyl (C=O) groups excluding carboxylic acids is 1. The van der Waals surface area contributed by atoms with Gasteiger partial charge in [0.1, 0.15) is 18.4 Å². The number of hydrogen-bond acceptors (Lipinski definition) is 5. The molecule has 1 atom stereocenters. The van der Waals surface area contributed by atoms with Crippen LogP contribution in [0.3, 0.4) is 0 Å². The molecule has 4 rings (SSSR count). The zero-order chi connectivity index (χ0) is 17.2. The maximum atomic E-state index is 12.3. The van der Waals surface area contributed by atoms with Crippen LogP contribution in [0, 0.1) is 6.92 Å². The van der Waals surface area contributed by atoms with Crippen molar-refractivity contribution in [3.63, 3.8) is 0 Å². The van der Waals surface area contributed by atoms with Gasteiger partial charge in [0.05, 0.1) is 18.8 Å². The Morgan fingerprint density at radius 3 is 3.12 bits per heavy atom. The van der Waals surface area contributed by atoms with E-state index in [1.165, 1.54) is 6.26 Å². The van der Waals surface area contributed by atoms with Crippen molar-refractivity contribution < 1.29 is 9.21 Å². The third-order valence-corrected chi connectivity index (χ3v) is 4.30. The van der Waals surface area contributed by atoms with Crippen molar-refractivity contribution in [2.24, 2.45) is 0 Å². The molecule has 1 aliphatic heterocycles. The topological polar surface area (TPSA) is 97.9 Å². The molecule has 128 valence electrons. The molecule has 0 radical (unpaired) electrons. The summed E-state index contributed by atoms with van der Waals surface area (Å²) in [5.41, 5.74) is 2.57. The average molecular weight is 338 g/mol. The molecule has 0 saturated heterocycles. The average Bonchev–Trinajstić information content (AvgIpc) is 3.27.